The van der Waals surface area contributed by atoms with E-state index in [9.17, 15) is 10.1 Å². The number of rotatable bonds is 5. The summed E-state index contributed by atoms with van der Waals surface area (Å²) in [4.78, 5) is 10.6. The van der Waals surface area contributed by atoms with Gasteiger partial charge in [0.25, 0.3) is 5.69 Å². The van der Waals surface area contributed by atoms with Crippen LogP contribution in [-0.4, -0.2) is 4.92 Å². The second-order valence-electron chi connectivity index (χ2n) is 4.72. The van der Waals surface area contributed by atoms with Crippen molar-refractivity contribution in [3.63, 3.8) is 0 Å². The molecule has 4 nitrogen and oxygen atoms in total. The zero-order valence-corrected chi connectivity index (χ0v) is 11.7. The van der Waals surface area contributed by atoms with Crippen molar-refractivity contribution in [1.82, 2.24) is 0 Å². The van der Waals surface area contributed by atoms with Gasteiger partial charge in [0.05, 0.1) is 4.92 Å². The zero-order valence-electron chi connectivity index (χ0n) is 11.7. The Morgan fingerprint density at radius 2 is 1.85 bits per heavy atom. The van der Waals surface area contributed by atoms with Gasteiger partial charge in [0.2, 0.25) is 0 Å². The number of hydrogen-bond acceptors (Lipinski definition) is 3. The van der Waals surface area contributed by atoms with Gasteiger partial charge in [0.15, 0.2) is 0 Å². The third kappa shape index (κ3) is 3.15. The van der Waals surface area contributed by atoms with Crippen LogP contribution in [0.1, 0.15) is 23.6 Å². The Bertz CT molecular complexity index is 606. The fourth-order valence-corrected chi connectivity index (χ4v) is 2.11. The van der Waals surface area contributed by atoms with Gasteiger partial charge in [-0.25, -0.2) is 0 Å². The molecule has 0 aliphatic carbocycles. The summed E-state index contributed by atoms with van der Waals surface area (Å²) in [6, 6.07) is 13.4. The molecule has 20 heavy (non-hydrogen) atoms. The highest BCUT2D eigenvalue weighted by molar-refractivity contribution is 5.49. The monoisotopic (exact) mass is 270 g/mol. The van der Waals surface area contributed by atoms with Gasteiger partial charge in [-0.05, 0) is 36.6 Å². The maximum absolute atomic E-state index is 10.9. The first-order chi connectivity index (χ1) is 9.61. The van der Waals surface area contributed by atoms with Crippen LogP contribution in [0.5, 0.6) is 0 Å². The van der Waals surface area contributed by atoms with Gasteiger partial charge in [-0.15, -0.1) is 0 Å². The first-order valence-corrected chi connectivity index (χ1v) is 6.67. The first-order valence-electron chi connectivity index (χ1n) is 6.67. The van der Waals surface area contributed by atoms with Crippen molar-refractivity contribution in [2.24, 2.45) is 0 Å². The minimum Gasteiger partial charge on any atom is -0.381 e. The Kier molecular flexibility index (Phi) is 4.35. The normalized spacial score (nSPS) is 10.3. The molecule has 1 N–H and O–H groups in total. The molecule has 0 aliphatic heterocycles. The van der Waals surface area contributed by atoms with E-state index in [-0.39, 0.29) is 10.6 Å². The molecule has 0 unspecified atom stereocenters. The van der Waals surface area contributed by atoms with E-state index in [1.165, 1.54) is 11.6 Å². The highest BCUT2D eigenvalue weighted by Gasteiger charge is 2.12. The van der Waals surface area contributed by atoms with Crippen molar-refractivity contribution in [2.75, 3.05) is 5.32 Å². The second-order valence-corrected chi connectivity index (χ2v) is 4.72. The van der Waals surface area contributed by atoms with Crippen LogP contribution < -0.4 is 5.32 Å². The lowest BCUT2D eigenvalue weighted by Gasteiger charge is -2.09. The largest absolute Gasteiger partial charge is 0.381 e. The molecule has 0 heterocycles. The van der Waals surface area contributed by atoms with Gasteiger partial charge < -0.3 is 5.32 Å². The first kappa shape index (κ1) is 14.1. The van der Waals surface area contributed by atoms with Gasteiger partial charge >= 0.3 is 0 Å². The van der Waals surface area contributed by atoms with E-state index in [0.717, 1.165) is 23.2 Å². The van der Waals surface area contributed by atoms with Crippen LogP contribution in [0.3, 0.4) is 0 Å². The van der Waals surface area contributed by atoms with Crippen molar-refractivity contribution in [2.45, 2.75) is 26.8 Å². The van der Waals surface area contributed by atoms with Crippen molar-refractivity contribution in [1.29, 1.82) is 0 Å². The summed E-state index contributed by atoms with van der Waals surface area (Å²) in [5, 5.41) is 14.2. The highest BCUT2D eigenvalue weighted by atomic mass is 16.6. The summed E-state index contributed by atoms with van der Waals surface area (Å²) in [7, 11) is 0. The number of nitro benzene ring substituents is 1. The molecule has 0 aliphatic rings. The molecule has 2 rings (SSSR count). The molecule has 0 fully saturated rings. The number of nitro groups is 1. The number of aryl methyl sites for hydroxylation is 1. The molecule has 0 radical (unpaired) electrons. The van der Waals surface area contributed by atoms with Gasteiger partial charge in [0.1, 0.15) is 0 Å². The van der Waals surface area contributed by atoms with Gasteiger partial charge in [-0.1, -0.05) is 31.2 Å². The standard InChI is InChI=1S/C16H18N2O2/c1-3-13-7-9-15(10-8-13)17-11-14-5-4-6-16(12(14)2)18(19)20/h4-10,17H,3,11H2,1-2H3. The number of nitrogens with one attached hydrogen (secondary N) is 1. The van der Waals surface area contributed by atoms with Crippen LogP contribution in [0.4, 0.5) is 11.4 Å². The van der Waals surface area contributed by atoms with E-state index < -0.39 is 0 Å². The van der Waals surface area contributed by atoms with E-state index in [2.05, 4.69) is 24.4 Å². The molecule has 0 saturated carbocycles. The fourth-order valence-electron chi connectivity index (χ4n) is 2.11. The molecule has 104 valence electrons. The number of nitrogens with zero attached hydrogens (tertiary/aromatic N) is 1. The summed E-state index contributed by atoms with van der Waals surface area (Å²) >= 11 is 0. The Morgan fingerprint density at radius 3 is 2.45 bits per heavy atom. The molecule has 4 heteroatoms. The molecule has 0 atom stereocenters. The predicted molar refractivity (Wildman–Crippen MR) is 81.0 cm³/mol. The Labute approximate surface area is 118 Å². The third-order valence-electron chi connectivity index (χ3n) is 3.46. The highest BCUT2D eigenvalue weighted by Crippen LogP contribution is 2.22. The van der Waals surface area contributed by atoms with E-state index in [0.29, 0.717) is 6.54 Å². The Hall–Kier alpha value is -2.36. The summed E-state index contributed by atoms with van der Waals surface area (Å²) in [6.07, 6.45) is 1.02. The van der Waals surface area contributed by atoms with Gasteiger partial charge in [0, 0.05) is 23.9 Å². The van der Waals surface area contributed by atoms with Crippen LogP contribution in [0.2, 0.25) is 0 Å². The van der Waals surface area contributed by atoms with Crippen molar-refractivity contribution in [3.05, 3.63) is 69.3 Å². The Balaban J connectivity index is 2.10. The van der Waals surface area contributed by atoms with E-state index in [1.807, 2.05) is 18.2 Å². The van der Waals surface area contributed by atoms with Gasteiger partial charge in [-0.2, -0.15) is 0 Å². The maximum Gasteiger partial charge on any atom is 0.272 e. The number of anilines is 1. The predicted octanol–water partition coefficient (Wildman–Crippen LogP) is 4.08. The van der Waals surface area contributed by atoms with Crippen LogP contribution in [0.15, 0.2) is 42.5 Å². The topological polar surface area (TPSA) is 55.2 Å². The number of benzene rings is 2. The molecule has 2 aromatic carbocycles. The van der Waals surface area contributed by atoms with Crippen molar-refractivity contribution < 1.29 is 4.92 Å². The average molecular weight is 270 g/mol. The van der Waals surface area contributed by atoms with Crippen LogP contribution >= 0.6 is 0 Å². The SMILES string of the molecule is CCc1ccc(NCc2cccc([N+](=O)[O-])c2C)cc1. The quantitative estimate of drug-likeness (QED) is 0.658. The molecule has 0 bridgehead atoms. The summed E-state index contributed by atoms with van der Waals surface area (Å²) in [5.41, 5.74) is 4.15. The summed E-state index contributed by atoms with van der Waals surface area (Å²) in [5.74, 6) is 0. The second kappa shape index (κ2) is 6.19. The van der Waals surface area contributed by atoms with Crippen LogP contribution in [-0.2, 0) is 13.0 Å². The summed E-state index contributed by atoms with van der Waals surface area (Å²) in [6.45, 7) is 4.49. The van der Waals surface area contributed by atoms with E-state index >= 15 is 0 Å². The lowest BCUT2D eigenvalue weighted by Crippen LogP contribution is -2.03. The third-order valence-corrected chi connectivity index (χ3v) is 3.46. The van der Waals surface area contributed by atoms with Crippen LogP contribution in [0.25, 0.3) is 0 Å². The fraction of sp³-hybridized carbons (Fsp3) is 0.250. The lowest BCUT2D eigenvalue weighted by molar-refractivity contribution is -0.385. The molecule has 2 aromatic rings. The molecular weight excluding hydrogens is 252 g/mol. The van der Waals surface area contributed by atoms with Gasteiger partial charge in [-0.3, -0.25) is 10.1 Å². The molecule has 0 amide bonds. The number of hydrogen-bond donors (Lipinski definition) is 1. The molecular formula is C16H18N2O2. The zero-order chi connectivity index (χ0) is 14.5. The molecule has 0 saturated heterocycles. The average Bonchev–Trinajstić information content (AvgIpc) is 2.46. The smallest absolute Gasteiger partial charge is 0.272 e. The minimum atomic E-state index is -0.338. The van der Waals surface area contributed by atoms with Crippen LogP contribution in [0, 0.1) is 17.0 Å². The van der Waals surface area contributed by atoms with E-state index in [1.54, 1.807) is 13.0 Å². The minimum absolute atomic E-state index is 0.172. The van der Waals surface area contributed by atoms with E-state index in [4.69, 9.17) is 0 Å². The molecule has 0 aromatic heterocycles. The summed E-state index contributed by atoms with van der Waals surface area (Å²) < 4.78 is 0. The van der Waals surface area contributed by atoms with Crippen molar-refractivity contribution in [3.8, 4) is 0 Å². The van der Waals surface area contributed by atoms with Crippen molar-refractivity contribution >= 4 is 11.4 Å². The Morgan fingerprint density at radius 1 is 1.15 bits per heavy atom. The lowest BCUT2D eigenvalue weighted by atomic mass is 10.1. The molecule has 0 spiro atoms. The maximum atomic E-state index is 10.9.